The summed E-state index contributed by atoms with van der Waals surface area (Å²) in [6.45, 7) is 2.46. The Morgan fingerprint density at radius 3 is 2.50 bits per heavy atom. The molecule has 4 heteroatoms. The predicted octanol–water partition coefficient (Wildman–Crippen LogP) is 1.17. The summed E-state index contributed by atoms with van der Waals surface area (Å²) in [6, 6.07) is 8.18. The van der Waals surface area contributed by atoms with Gasteiger partial charge in [0.05, 0.1) is 0 Å². The SMILES string of the molecule is Cc1nc(Cc2ccccc2CN)n(C)n1. The Labute approximate surface area is 95.1 Å². The molecule has 2 aromatic rings. The van der Waals surface area contributed by atoms with E-state index >= 15 is 0 Å². The van der Waals surface area contributed by atoms with E-state index in [0.717, 1.165) is 18.1 Å². The molecular weight excluding hydrogens is 200 g/mol. The van der Waals surface area contributed by atoms with Gasteiger partial charge in [-0.2, -0.15) is 5.10 Å². The lowest BCUT2D eigenvalue weighted by atomic mass is 10.0. The van der Waals surface area contributed by atoms with Crippen molar-refractivity contribution in [1.82, 2.24) is 14.8 Å². The second kappa shape index (κ2) is 4.45. The molecule has 0 radical (unpaired) electrons. The van der Waals surface area contributed by atoms with Crippen LogP contribution >= 0.6 is 0 Å². The van der Waals surface area contributed by atoms with Crippen molar-refractivity contribution < 1.29 is 0 Å². The van der Waals surface area contributed by atoms with Gasteiger partial charge in [0.1, 0.15) is 11.6 Å². The first kappa shape index (κ1) is 10.8. The second-order valence-corrected chi connectivity index (χ2v) is 3.85. The molecule has 16 heavy (non-hydrogen) atoms. The maximum absolute atomic E-state index is 5.70. The summed E-state index contributed by atoms with van der Waals surface area (Å²) in [5.74, 6) is 1.78. The number of benzene rings is 1. The number of hydrogen-bond acceptors (Lipinski definition) is 3. The van der Waals surface area contributed by atoms with Crippen LogP contribution < -0.4 is 5.73 Å². The molecule has 1 heterocycles. The summed E-state index contributed by atoms with van der Waals surface area (Å²) in [7, 11) is 1.92. The summed E-state index contributed by atoms with van der Waals surface area (Å²) >= 11 is 0. The molecule has 4 nitrogen and oxygen atoms in total. The minimum absolute atomic E-state index is 0.563. The van der Waals surface area contributed by atoms with E-state index in [2.05, 4.69) is 22.2 Å². The van der Waals surface area contributed by atoms with Gasteiger partial charge in [-0.25, -0.2) is 4.98 Å². The molecule has 2 rings (SSSR count). The van der Waals surface area contributed by atoms with Crippen molar-refractivity contribution in [2.75, 3.05) is 0 Å². The van der Waals surface area contributed by atoms with Crippen molar-refractivity contribution >= 4 is 0 Å². The molecule has 0 aliphatic heterocycles. The Balaban J connectivity index is 2.30. The van der Waals surface area contributed by atoms with E-state index < -0.39 is 0 Å². The van der Waals surface area contributed by atoms with E-state index in [-0.39, 0.29) is 0 Å². The van der Waals surface area contributed by atoms with Crippen LogP contribution in [-0.4, -0.2) is 14.8 Å². The highest BCUT2D eigenvalue weighted by Crippen LogP contribution is 2.12. The van der Waals surface area contributed by atoms with Gasteiger partial charge in [0, 0.05) is 20.0 Å². The van der Waals surface area contributed by atoms with Crippen LogP contribution in [0.15, 0.2) is 24.3 Å². The average Bonchev–Trinajstić information content (AvgIpc) is 2.58. The number of hydrogen-bond donors (Lipinski definition) is 1. The van der Waals surface area contributed by atoms with Gasteiger partial charge in [-0.1, -0.05) is 24.3 Å². The van der Waals surface area contributed by atoms with Crippen molar-refractivity contribution in [3.63, 3.8) is 0 Å². The fourth-order valence-electron chi connectivity index (χ4n) is 1.81. The van der Waals surface area contributed by atoms with Gasteiger partial charge >= 0.3 is 0 Å². The van der Waals surface area contributed by atoms with Crippen LogP contribution in [0.3, 0.4) is 0 Å². The van der Waals surface area contributed by atoms with Gasteiger partial charge in [-0.15, -0.1) is 0 Å². The molecular formula is C12H16N4. The van der Waals surface area contributed by atoms with Gasteiger partial charge < -0.3 is 5.73 Å². The molecule has 84 valence electrons. The molecule has 0 saturated carbocycles. The maximum atomic E-state index is 5.70. The number of aryl methyl sites for hydroxylation is 2. The van der Waals surface area contributed by atoms with Crippen LogP contribution in [0.2, 0.25) is 0 Å². The normalized spacial score (nSPS) is 10.7. The fourth-order valence-corrected chi connectivity index (χ4v) is 1.81. The Kier molecular flexibility index (Phi) is 3.01. The summed E-state index contributed by atoms with van der Waals surface area (Å²) in [4.78, 5) is 4.39. The van der Waals surface area contributed by atoms with Crippen LogP contribution in [0.25, 0.3) is 0 Å². The molecule has 0 spiro atoms. The number of aromatic nitrogens is 3. The summed E-state index contributed by atoms with van der Waals surface area (Å²) < 4.78 is 1.82. The van der Waals surface area contributed by atoms with Crippen molar-refractivity contribution in [2.45, 2.75) is 19.9 Å². The highest BCUT2D eigenvalue weighted by atomic mass is 15.3. The molecule has 0 unspecified atom stereocenters. The first-order valence-corrected chi connectivity index (χ1v) is 5.34. The Hall–Kier alpha value is -1.68. The first-order valence-electron chi connectivity index (χ1n) is 5.34. The number of nitrogens with zero attached hydrogens (tertiary/aromatic N) is 3. The van der Waals surface area contributed by atoms with Crippen LogP contribution in [0.5, 0.6) is 0 Å². The zero-order valence-corrected chi connectivity index (χ0v) is 9.64. The summed E-state index contributed by atoms with van der Waals surface area (Å²) in [5.41, 5.74) is 8.10. The van der Waals surface area contributed by atoms with E-state index in [9.17, 15) is 0 Å². The van der Waals surface area contributed by atoms with Crippen LogP contribution in [0, 0.1) is 6.92 Å². The minimum Gasteiger partial charge on any atom is -0.326 e. The average molecular weight is 216 g/mol. The molecule has 0 saturated heterocycles. The van der Waals surface area contributed by atoms with E-state index in [1.807, 2.05) is 30.8 Å². The van der Waals surface area contributed by atoms with Crippen molar-refractivity contribution in [2.24, 2.45) is 12.8 Å². The Morgan fingerprint density at radius 2 is 1.94 bits per heavy atom. The third-order valence-corrected chi connectivity index (χ3v) is 2.65. The molecule has 2 N–H and O–H groups in total. The minimum atomic E-state index is 0.563. The van der Waals surface area contributed by atoms with Gasteiger partial charge in [0.15, 0.2) is 0 Å². The van der Waals surface area contributed by atoms with Crippen molar-refractivity contribution in [1.29, 1.82) is 0 Å². The lowest BCUT2D eigenvalue weighted by Crippen LogP contribution is -2.05. The first-order chi connectivity index (χ1) is 7.70. The van der Waals surface area contributed by atoms with Crippen LogP contribution in [0.4, 0.5) is 0 Å². The topological polar surface area (TPSA) is 56.7 Å². The molecule has 0 aliphatic carbocycles. The lowest BCUT2D eigenvalue weighted by molar-refractivity contribution is 0.710. The van der Waals surface area contributed by atoms with Crippen LogP contribution in [-0.2, 0) is 20.0 Å². The molecule has 0 aliphatic rings. The number of nitrogens with two attached hydrogens (primary N) is 1. The molecule has 1 aromatic heterocycles. The van der Waals surface area contributed by atoms with Gasteiger partial charge in [0.2, 0.25) is 0 Å². The highest BCUT2D eigenvalue weighted by molar-refractivity contribution is 5.29. The molecule has 0 bridgehead atoms. The monoisotopic (exact) mass is 216 g/mol. The van der Waals surface area contributed by atoms with Crippen molar-refractivity contribution in [3.8, 4) is 0 Å². The third kappa shape index (κ3) is 2.12. The zero-order valence-electron chi connectivity index (χ0n) is 9.64. The molecule has 0 amide bonds. The second-order valence-electron chi connectivity index (χ2n) is 3.85. The Bertz CT molecular complexity index is 488. The number of rotatable bonds is 3. The van der Waals surface area contributed by atoms with E-state index in [0.29, 0.717) is 6.54 Å². The van der Waals surface area contributed by atoms with E-state index in [4.69, 9.17) is 5.73 Å². The van der Waals surface area contributed by atoms with Gasteiger partial charge in [0.25, 0.3) is 0 Å². The maximum Gasteiger partial charge on any atom is 0.147 e. The Morgan fingerprint density at radius 1 is 1.25 bits per heavy atom. The fraction of sp³-hybridized carbons (Fsp3) is 0.333. The van der Waals surface area contributed by atoms with Gasteiger partial charge in [-0.05, 0) is 18.1 Å². The van der Waals surface area contributed by atoms with E-state index in [1.165, 1.54) is 11.1 Å². The molecule has 1 aromatic carbocycles. The third-order valence-electron chi connectivity index (χ3n) is 2.65. The summed E-state index contributed by atoms with van der Waals surface area (Å²) in [5, 5.41) is 4.24. The lowest BCUT2D eigenvalue weighted by Gasteiger charge is -2.06. The quantitative estimate of drug-likeness (QED) is 0.838. The zero-order chi connectivity index (χ0) is 11.5. The molecule has 0 fully saturated rings. The predicted molar refractivity (Wildman–Crippen MR) is 62.9 cm³/mol. The highest BCUT2D eigenvalue weighted by Gasteiger charge is 2.07. The van der Waals surface area contributed by atoms with E-state index in [1.54, 1.807) is 0 Å². The van der Waals surface area contributed by atoms with Crippen LogP contribution in [0.1, 0.15) is 22.8 Å². The van der Waals surface area contributed by atoms with Gasteiger partial charge in [-0.3, -0.25) is 4.68 Å². The molecule has 0 atom stereocenters. The standard InChI is InChI=1S/C12H16N4/c1-9-14-12(16(2)15-9)7-10-5-3-4-6-11(10)8-13/h3-6H,7-8,13H2,1-2H3. The smallest absolute Gasteiger partial charge is 0.147 e. The van der Waals surface area contributed by atoms with Crippen molar-refractivity contribution in [3.05, 3.63) is 47.0 Å². The largest absolute Gasteiger partial charge is 0.326 e. The summed E-state index contributed by atoms with van der Waals surface area (Å²) in [6.07, 6.45) is 0.782.